The van der Waals surface area contributed by atoms with Gasteiger partial charge in [-0.3, -0.25) is 0 Å². The number of rotatable bonds is 3. The van der Waals surface area contributed by atoms with E-state index in [9.17, 15) is 0 Å². The third-order valence-electron chi connectivity index (χ3n) is 2.61. The minimum absolute atomic E-state index is 0.0608. The summed E-state index contributed by atoms with van der Waals surface area (Å²) in [6, 6.07) is 5.61. The van der Waals surface area contributed by atoms with Gasteiger partial charge < -0.3 is 10.8 Å². The second-order valence-electron chi connectivity index (χ2n) is 4.16. The van der Waals surface area contributed by atoms with Gasteiger partial charge in [0.2, 0.25) is 0 Å². The van der Waals surface area contributed by atoms with Crippen molar-refractivity contribution in [2.24, 2.45) is 5.73 Å². The Hall–Kier alpha value is -1.46. The monoisotopic (exact) mass is 220 g/mol. The Kier molecular flexibility index (Phi) is 2.89. The van der Waals surface area contributed by atoms with Crippen LogP contribution >= 0.6 is 0 Å². The number of benzene rings is 1. The molecule has 0 radical (unpaired) electrons. The summed E-state index contributed by atoms with van der Waals surface area (Å²) in [7, 11) is 0. The number of nitrogens with zero attached hydrogens (tertiary/aromatic N) is 3. The molecule has 5 nitrogen and oxygen atoms in total. The number of hydrogen-bond acceptors (Lipinski definition) is 4. The Morgan fingerprint density at radius 3 is 2.81 bits per heavy atom. The molecule has 1 unspecified atom stereocenters. The van der Waals surface area contributed by atoms with E-state index in [2.05, 4.69) is 10.3 Å². The highest BCUT2D eigenvalue weighted by Gasteiger charge is 2.10. The van der Waals surface area contributed by atoms with Crippen molar-refractivity contribution in [2.75, 3.05) is 6.61 Å². The van der Waals surface area contributed by atoms with Crippen LogP contribution in [0.25, 0.3) is 11.0 Å². The Bertz CT molecular complexity index is 492. The SMILES string of the molecule is CC(C)n1nnc2ccc(C(N)CO)cc21. The van der Waals surface area contributed by atoms with Crippen molar-refractivity contribution in [1.82, 2.24) is 15.0 Å². The van der Waals surface area contributed by atoms with E-state index in [0.717, 1.165) is 16.6 Å². The molecule has 0 aliphatic carbocycles. The fourth-order valence-electron chi connectivity index (χ4n) is 1.67. The minimum Gasteiger partial charge on any atom is -0.394 e. The summed E-state index contributed by atoms with van der Waals surface area (Å²) in [6.07, 6.45) is 0. The highest BCUT2D eigenvalue weighted by molar-refractivity contribution is 5.75. The lowest BCUT2D eigenvalue weighted by Gasteiger charge is -2.10. The Morgan fingerprint density at radius 2 is 2.19 bits per heavy atom. The van der Waals surface area contributed by atoms with E-state index in [1.165, 1.54) is 0 Å². The molecule has 0 bridgehead atoms. The summed E-state index contributed by atoms with van der Waals surface area (Å²) in [5, 5.41) is 17.2. The second kappa shape index (κ2) is 4.19. The van der Waals surface area contributed by atoms with E-state index in [0.29, 0.717) is 0 Å². The van der Waals surface area contributed by atoms with Gasteiger partial charge in [-0.15, -0.1) is 5.10 Å². The van der Waals surface area contributed by atoms with Crippen molar-refractivity contribution in [3.05, 3.63) is 23.8 Å². The van der Waals surface area contributed by atoms with Crippen molar-refractivity contribution in [2.45, 2.75) is 25.9 Å². The number of nitrogens with two attached hydrogens (primary N) is 1. The summed E-state index contributed by atoms with van der Waals surface area (Å²) in [5.74, 6) is 0. The van der Waals surface area contributed by atoms with Crippen LogP contribution in [-0.2, 0) is 0 Å². The lowest BCUT2D eigenvalue weighted by molar-refractivity contribution is 0.268. The molecule has 3 N–H and O–H groups in total. The molecule has 5 heteroatoms. The Morgan fingerprint density at radius 1 is 1.44 bits per heavy atom. The van der Waals surface area contributed by atoms with Gasteiger partial charge in [0.15, 0.2) is 0 Å². The zero-order chi connectivity index (χ0) is 11.7. The number of aliphatic hydroxyl groups is 1. The molecule has 0 spiro atoms. The van der Waals surface area contributed by atoms with Gasteiger partial charge in [-0.25, -0.2) is 4.68 Å². The number of fused-ring (bicyclic) bond motifs is 1. The average Bonchev–Trinajstić information content (AvgIpc) is 2.70. The van der Waals surface area contributed by atoms with Gasteiger partial charge in [-0.1, -0.05) is 11.3 Å². The first kappa shape index (κ1) is 11.0. The van der Waals surface area contributed by atoms with Crippen LogP contribution in [0.5, 0.6) is 0 Å². The molecule has 2 rings (SSSR count). The molecule has 0 saturated heterocycles. The standard InChI is InChI=1S/C11H16N4O/c1-7(2)15-11-5-8(9(12)6-16)3-4-10(11)13-14-15/h3-5,7,9,16H,6,12H2,1-2H3. The van der Waals surface area contributed by atoms with Gasteiger partial charge >= 0.3 is 0 Å². The molecule has 2 aromatic rings. The fraction of sp³-hybridized carbons (Fsp3) is 0.455. The van der Waals surface area contributed by atoms with E-state index >= 15 is 0 Å². The average molecular weight is 220 g/mol. The first-order chi connectivity index (χ1) is 7.63. The zero-order valence-electron chi connectivity index (χ0n) is 9.46. The highest BCUT2D eigenvalue weighted by Crippen LogP contribution is 2.19. The lowest BCUT2D eigenvalue weighted by atomic mass is 10.1. The fourth-order valence-corrected chi connectivity index (χ4v) is 1.67. The maximum absolute atomic E-state index is 9.03. The number of aromatic nitrogens is 3. The summed E-state index contributed by atoms with van der Waals surface area (Å²) < 4.78 is 1.85. The maximum Gasteiger partial charge on any atom is 0.113 e. The minimum atomic E-state index is -0.347. The summed E-state index contributed by atoms with van der Waals surface area (Å²) in [5.41, 5.74) is 8.49. The molecule has 0 aliphatic rings. The molecule has 0 amide bonds. The Labute approximate surface area is 93.9 Å². The van der Waals surface area contributed by atoms with Gasteiger partial charge in [0.1, 0.15) is 5.52 Å². The summed E-state index contributed by atoms with van der Waals surface area (Å²) in [4.78, 5) is 0. The predicted molar refractivity (Wildman–Crippen MR) is 61.9 cm³/mol. The zero-order valence-corrected chi connectivity index (χ0v) is 9.46. The molecule has 0 aliphatic heterocycles. The highest BCUT2D eigenvalue weighted by atomic mass is 16.3. The summed E-state index contributed by atoms with van der Waals surface area (Å²) in [6.45, 7) is 4.04. The van der Waals surface area contributed by atoms with Gasteiger partial charge in [-0.05, 0) is 31.5 Å². The van der Waals surface area contributed by atoms with Crippen LogP contribution in [0.15, 0.2) is 18.2 Å². The Balaban J connectivity index is 2.54. The predicted octanol–water partition coefficient (Wildman–Crippen LogP) is 1.00. The summed E-state index contributed by atoms with van der Waals surface area (Å²) >= 11 is 0. The third kappa shape index (κ3) is 1.79. The molecule has 0 saturated carbocycles. The smallest absolute Gasteiger partial charge is 0.113 e. The molecule has 1 aromatic carbocycles. The first-order valence-electron chi connectivity index (χ1n) is 5.34. The van der Waals surface area contributed by atoms with Crippen LogP contribution in [0, 0.1) is 0 Å². The van der Waals surface area contributed by atoms with Crippen molar-refractivity contribution in [1.29, 1.82) is 0 Å². The van der Waals surface area contributed by atoms with Crippen molar-refractivity contribution < 1.29 is 5.11 Å². The van der Waals surface area contributed by atoms with E-state index in [4.69, 9.17) is 10.8 Å². The van der Waals surface area contributed by atoms with Gasteiger partial charge in [0.25, 0.3) is 0 Å². The molecular formula is C11H16N4O. The molecule has 1 aromatic heterocycles. The normalized spacial score (nSPS) is 13.6. The molecule has 1 atom stereocenters. The first-order valence-corrected chi connectivity index (χ1v) is 5.34. The largest absolute Gasteiger partial charge is 0.394 e. The molecule has 0 fully saturated rings. The van der Waals surface area contributed by atoms with Crippen molar-refractivity contribution >= 4 is 11.0 Å². The second-order valence-corrected chi connectivity index (χ2v) is 4.16. The van der Waals surface area contributed by atoms with Crippen LogP contribution in [0.4, 0.5) is 0 Å². The third-order valence-corrected chi connectivity index (χ3v) is 2.61. The van der Waals surface area contributed by atoms with Crippen LogP contribution in [-0.4, -0.2) is 26.7 Å². The van der Waals surface area contributed by atoms with Gasteiger partial charge in [0, 0.05) is 6.04 Å². The topological polar surface area (TPSA) is 77.0 Å². The molecule has 86 valence electrons. The van der Waals surface area contributed by atoms with Gasteiger partial charge in [0.05, 0.1) is 18.2 Å². The molecule has 16 heavy (non-hydrogen) atoms. The lowest BCUT2D eigenvalue weighted by Crippen LogP contribution is -2.14. The van der Waals surface area contributed by atoms with E-state index in [-0.39, 0.29) is 18.7 Å². The number of aliphatic hydroxyl groups excluding tert-OH is 1. The van der Waals surface area contributed by atoms with Crippen molar-refractivity contribution in [3.63, 3.8) is 0 Å². The van der Waals surface area contributed by atoms with E-state index < -0.39 is 0 Å². The molecule has 1 heterocycles. The van der Waals surface area contributed by atoms with E-state index in [1.807, 2.05) is 36.7 Å². The van der Waals surface area contributed by atoms with Crippen LogP contribution in [0.1, 0.15) is 31.5 Å². The molecular weight excluding hydrogens is 204 g/mol. The van der Waals surface area contributed by atoms with Gasteiger partial charge in [-0.2, -0.15) is 0 Å². The number of hydrogen-bond donors (Lipinski definition) is 2. The van der Waals surface area contributed by atoms with Crippen LogP contribution in [0.3, 0.4) is 0 Å². The van der Waals surface area contributed by atoms with E-state index in [1.54, 1.807) is 0 Å². The maximum atomic E-state index is 9.03. The van der Waals surface area contributed by atoms with Crippen molar-refractivity contribution in [3.8, 4) is 0 Å². The quantitative estimate of drug-likeness (QED) is 0.809. The van der Waals surface area contributed by atoms with Crippen LogP contribution in [0.2, 0.25) is 0 Å². The van der Waals surface area contributed by atoms with Crippen LogP contribution < -0.4 is 5.73 Å².